The van der Waals surface area contributed by atoms with Crippen LogP contribution in [-0.2, 0) is 16.1 Å². The first kappa shape index (κ1) is 43.9. The second-order valence-electron chi connectivity index (χ2n) is 14.7. The average molecular weight is 872 g/mol. The van der Waals surface area contributed by atoms with Crippen LogP contribution in [0.3, 0.4) is 0 Å². The van der Waals surface area contributed by atoms with Crippen LogP contribution < -0.4 is 24.3 Å². The van der Waals surface area contributed by atoms with Crippen molar-refractivity contribution in [1.29, 1.82) is 0 Å². The van der Waals surface area contributed by atoms with Crippen LogP contribution in [0.15, 0.2) is 60.2 Å². The number of hydrogen-bond acceptors (Lipinski definition) is 8. The van der Waals surface area contributed by atoms with Crippen molar-refractivity contribution < 1.29 is 33.3 Å². The standard InChI is InChI=1S/C41H47Cl4N3O7.ClH/c1-24-15-34(42)36(16-25(24)2)54-14-13-53-30-11-7-27(8-12-30)33-19-29-21-46-22-35(48(29)39(50)55-40(3,4)41(43,44)45)37(33)38(49)47(28-9-10-28)23-26-17-31(51-5)20-32(18-26)52-6;/h7-8,11-12,15-18,20,28-29,35,46H,9-10,13-14,19,21-23H2,1-6H3;1H. The molecule has 1 saturated carbocycles. The van der Waals surface area contributed by atoms with Crippen molar-refractivity contribution in [2.75, 3.05) is 40.5 Å². The normalized spacial score (nSPS) is 18.1. The number of aryl methyl sites for hydroxylation is 2. The predicted molar refractivity (Wildman–Crippen MR) is 223 cm³/mol. The summed E-state index contributed by atoms with van der Waals surface area (Å²) < 4.78 is 27.0. The van der Waals surface area contributed by atoms with Gasteiger partial charge in [0.25, 0.3) is 5.91 Å². The highest BCUT2D eigenvalue weighted by atomic mass is 35.6. The van der Waals surface area contributed by atoms with Crippen molar-refractivity contribution in [3.63, 3.8) is 0 Å². The molecular weight excluding hydrogens is 824 g/mol. The molecular formula is C41H48Cl5N3O7. The molecule has 1 saturated heterocycles. The van der Waals surface area contributed by atoms with Gasteiger partial charge in [0.15, 0.2) is 5.60 Å². The molecule has 6 rings (SSSR count). The predicted octanol–water partition coefficient (Wildman–Crippen LogP) is 9.13. The van der Waals surface area contributed by atoms with Crippen molar-refractivity contribution in [2.45, 2.75) is 81.0 Å². The van der Waals surface area contributed by atoms with E-state index in [0.29, 0.717) is 72.9 Å². The quantitative estimate of drug-likeness (QED) is 0.134. The molecule has 2 heterocycles. The van der Waals surface area contributed by atoms with Crippen LogP contribution in [0.4, 0.5) is 4.79 Å². The van der Waals surface area contributed by atoms with Crippen LogP contribution >= 0.6 is 58.8 Å². The van der Waals surface area contributed by atoms with Gasteiger partial charge in [-0.2, -0.15) is 0 Å². The third-order valence-electron chi connectivity index (χ3n) is 10.4. The number of carbonyl (C=O) groups excluding carboxylic acids is 2. The molecule has 2 fully saturated rings. The number of methoxy groups -OCH3 is 2. The summed E-state index contributed by atoms with van der Waals surface area (Å²) in [6.45, 7) is 8.88. The summed E-state index contributed by atoms with van der Waals surface area (Å²) >= 11 is 25.1. The number of piperazine rings is 1. The summed E-state index contributed by atoms with van der Waals surface area (Å²) in [6.07, 6.45) is 1.48. The molecule has 3 aromatic rings. The molecule has 2 amide bonds. The fourth-order valence-electron chi connectivity index (χ4n) is 6.94. The SMILES string of the molecule is COc1cc(CN(C(=O)C2=C(c3ccc(OCCOc4cc(C)c(C)cc4Cl)cc3)CC3CNCC2N3C(=O)OC(C)(C)C(Cl)(Cl)Cl)C2CC2)cc(OC)c1.Cl. The summed E-state index contributed by atoms with van der Waals surface area (Å²) in [5.41, 5.74) is 3.85. The number of fused-ring (bicyclic) bond motifs is 2. The molecule has 0 aromatic heterocycles. The van der Waals surface area contributed by atoms with E-state index in [1.165, 1.54) is 0 Å². The van der Waals surface area contributed by atoms with Crippen LogP contribution in [-0.4, -0.2) is 89.8 Å². The van der Waals surface area contributed by atoms with E-state index in [-0.39, 0.29) is 30.4 Å². The number of nitrogens with zero attached hydrogens (tertiary/aromatic N) is 2. The van der Waals surface area contributed by atoms with E-state index in [1.54, 1.807) is 39.0 Å². The molecule has 3 aromatic carbocycles. The van der Waals surface area contributed by atoms with Gasteiger partial charge in [0, 0.05) is 37.3 Å². The first-order valence-corrected chi connectivity index (χ1v) is 19.8. The Kier molecular flexibility index (Phi) is 14.2. The average Bonchev–Trinajstić information content (AvgIpc) is 3.99. The van der Waals surface area contributed by atoms with E-state index in [0.717, 1.165) is 40.7 Å². The number of alkyl halides is 3. The lowest BCUT2D eigenvalue weighted by atomic mass is 9.82. The number of amides is 2. The van der Waals surface area contributed by atoms with E-state index in [1.807, 2.05) is 67.3 Å². The molecule has 3 aliphatic rings. The van der Waals surface area contributed by atoms with Gasteiger partial charge < -0.3 is 33.9 Å². The number of benzene rings is 3. The minimum atomic E-state index is -1.88. The molecule has 2 atom stereocenters. The molecule has 1 N–H and O–H groups in total. The first-order chi connectivity index (χ1) is 26.1. The Morgan fingerprint density at radius 1 is 0.875 bits per heavy atom. The summed E-state index contributed by atoms with van der Waals surface area (Å²) in [7, 11) is 3.19. The highest BCUT2D eigenvalue weighted by Gasteiger charge is 2.50. The smallest absolute Gasteiger partial charge is 0.411 e. The van der Waals surface area contributed by atoms with Crippen molar-refractivity contribution in [2.24, 2.45) is 0 Å². The molecule has 56 heavy (non-hydrogen) atoms. The van der Waals surface area contributed by atoms with Gasteiger partial charge >= 0.3 is 6.09 Å². The Balaban J connectivity index is 0.00000600. The summed E-state index contributed by atoms with van der Waals surface area (Å²) in [5, 5.41) is 4.00. The second-order valence-corrected chi connectivity index (χ2v) is 17.4. The van der Waals surface area contributed by atoms with Crippen molar-refractivity contribution in [1.82, 2.24) is 15.1 Å². The third kappa shape index (κ3) is 9.88. The topological polar surface area (TPSA) is 98.8 Å². The lowest BCUT2D eigenvalue weighted by Gasteiger charge is -2.48. The van der Waals surface area contributed by atoms with Crippen LogP contribution in [0, 0.1) is 13.8 Å². The zero-order valence-electron chi connectivity index (χ0n) is 32.3. The number of hydrogen-bond donors (Lipinski definition) is 1. The van der Waals surface area contributed by atoms with Gasteiger partial charge in [0.1, 0.15) is 36.2 Å². The maximum Gasteiger partial charge on any atom is 0.411 e. The van der Waals surface area contributed by atoms with Gasteiger partial charge in [0.05, 0.1) is 31.3 Å². The van der Waals surface area contributed by atoms with E-state index < -0.39 is 21.5 Å². The minimum Gasteiger partial charge on any atom is -0.497 e. The van der Waals surface area contributed by atoms with Crippen molar-refractivity contribution in [3.8, 4) is 23.0 Å². The summed E-state index contributed by atoms with van der Waals surface area (Å²) in [6, 6.07) is 16.2. The molecule has 2 unspecified atom stereocenters. The van der Waals surface area contributed by atoms with E-state index >= 15 is 4.79 Å². The molecule has 15 heteroatoms. The number of carbonyl (C=O) groups is 2. The lowest BCUT2D eigenvalue weighted by Crippen LogP contribution is -2.64. The largest absolute Gasteiger partial charge is 0.497 e. The number of ether oxygens (including phenoxy) is 5. The summed E-state index contributed by atoms with van der Waals surface area (Å²) in [4.78, 5) is 32.7. The molecule has 2 aliphatic heterocycles. The van der Waals surface area contributed by atoms with Crippen LogP contribution in [0.5, 0.6) is 23.0 Å². The van der Waals surface area contributed by atoms with Crippen molar-refractivity contribution in [3.05, 3.63) is 87.4 Å². The highest BCUT2D eigenvalue weighted by Crippen LogP contribution is 2.44. The Morgan fingerprint density at radius 2 is 1.50 bits per heavy atom. The summed E-state index contributed by atoms with van der Waals surface area (Å²) in [5.74, 6) is 2.36. The maximum atomic E-state index is 15.1. The van der Waals surface area contributed by atoms with Gasteiger partial charge in [-0.3, -0.25) is 9.69 Å². The lowest BCUT2D eigenvalue weighted by molar-refractivity contribution is -0.129. The van der Waals surface area contributed by atoms with Gasteiger partial charge in [-0.1, -0.05) is 58.5 Å². The Morgan fingerprint density at radius 3 is 2.11 bits per heavy atom. The second kappa shape index (κ2) is 18.1. The number of rotatable bonds is 13. The van der Waals surface area contributed by atoms with Gasteiger partial charge in [0.2, 0.25) is 3.79 Å². The van der Waals surface area contributed by atoms with E-state index in [4.69, 9.17) is 70.1 Å². The monoisotopic (exact) mass is 869 g/mol. The van der Waals surface area contributed by atoms with Crippen LogP contribution in [0.25, 0.3) is 5.57 Å². The van der Waals surface area contributed by atoms with Gasteiger partial charge in [-0.05, 0) is 111 Å². The molecule has 0 radical (unpaired) electrons. The minimum absolute atomic E-state index is 0. The molecule has 0 spiro atoms. The fraction of sp³-hybridized carbons (Fsp3) is 0.463. The first-order valence-electron chi connectivity index (χ1n) is 18.3. The van der Waals surface area contributed by atoms with Crippen LogP contribution in [0.2, 0.25) is 5.02 Å². The Labute approximate surface area is 355 Å². The fourth-order valence-corrected chi connectivity index (χ4v) is 7.33. The zero-order chi connectivity index (χ0) is 39.7. The van der Waals surface area contributed by atoms with Gasteiger partial charge in [-0.15, -0.1) is 12.4 Å². The maximum absolute atomic E-state index is 15.1. The number of halogens is 5. The number of nitrogens with one attached hydrogen (secondary N) is 1. The Hall–Kier alpha value is -3.25. The Bertz CT molecular complexity index is 1910. The molecule has 1 aliphatic carbocycles. The highest BCUT2D eigenvalue weighted by molar-refractivity contribution is 6.68. The third-order valence-corrected chi connectivity index (χ3v) is 12.0. The molecule has 2 bridgehead atoms. The van der Waals surface area contributed by atoms with E-state index in [9.17, 15) is 4.79 Å². The van der Waals surface area contributed by atoms with Gasteiger partial charge in [-0.25, -0.2) is 4.79 Å². The zero-order valence-corrected chi connectivity index (χ0v) is 36.1. The van der Waals surface area contributed by atoms with Crippen LogP contribution in [0.1, 0.15) is 55.4 Å². The van der Waals surface area contributed by atoms with Crippen molar-refractivity contribution >= 4 is 76.4 Å². The molecule has 304 valence electrons. The van der Waals surface area contributed by atoms with E-state index in [2.05, 4.69) is 5.32 Å². The molecule has 10 nitrogen and oxygen atoms in total.